The van der Waals surface area contributed by atoms with E-state index < -0.39 is 0 Å². The van der Waals surface area contributed by atoms with Crippen LogP contribution in [0.5, 0.6) is 11.5 Å². The van der Waals surface area contributed by atoms with Crippen molar-refractivity contribution in [1.82, 2.24) is 5.48 Å². The average molecular weight is 366 g/mol. The molecule has 0 unspecified atom stereocenters. The largest absolute Gasteiger partial charge is 0.496 e. The van der Waals surface area contributed by atoms with E-state index >= 15 is 0 Å². The number of amides is 1. The van der Waals surface area contributed by atoms with E-state index in [1.165, 1.54) is 7.11 Å². The molecule has 1 amide bonds. The van der Waals surface area contributed by atoms with Gasteiger partial charge in [-0.05, 0) is 30.3 Å². The minimum atomic E-state index is -0.377. The van der Waals surface area contributed by atoms with Crippen molar-refractivity contribution in [3.63, 3.8) is 0 Å². The zero-order valence-corrected chi connectivity index (χ0v) is 13.6. The van der Waals surface area contributed by atoms with Gasteiger partial charge in [-0.15, -0.1) is 0 Å². The van der Waals surface area contributed by atoms with Crippen molar-refractivity contribution < 1.29 is 19.1 Å². The van der Waals surface area contributed by atoms with Crippen LogP contribution in [0, 0.1) is 0 Å². The third-order valence-electron chi connectivity index (χ3n) is 2.77. The minimum Gasteiger partial charge on any atom is -0.496 e. The summed E-state index contributed by atoms with van der Waals surface area (Å²) in [7, 11) is 1.51. The topological polar surface area (TPSA) is 56.8 Å². The molecule has 2 aromatic rings. The summed E-state index contributed by atoms with van der Waals surface area (Å²) in [5.41, 5.74) is 2.76. The molecule has 0 fully saturated rings. The Morgan fingerprint density at radius 2 is 1.91 bits per heavy atom. The number of hydrogen-bond donors (Lipinski definition) is 1. The van der Waals surface area contributed by atoms with Crippen LogP contribution in [-0.4, -0.2) is 26.2 Å². The van der Waals surface area contributed by atoms with Gasteiger partial charge < -0.3 is 9.47 Å². The predicted octanol–water partition coefficient (Wildman–Crippen LogP) is 3.20. The highest BCUT2D eigenvalue weighted by Crippen LogP contribution is 2.22. The maximum atomic E-state index is 12.0. The number of rotatable bonds is 7. The molecule has 0 aliphatic heterocycles. The maximum Gasteiger partial charge on any atom is 0.278 e. The summed E-state index contributed by atoms with van der Waals surface area (Å²) in [5.74, 6) is 0.855. The Bertz CT molecular complexity index is 619. The smallest absolute Gasteiger partial charge is 0.278 e. The van der Waals surface area contributed by atoms with Crippen LogP contribution in [0.3, 0.4) is 0 Å². The summed E-state index contributed by atoms with van der Waals surface area (Å²) in [6.45, 7) is 0.566. The van der Waals surface area contributed by atoms with Crippen LogP contribution in [0.2, 0.25) is 0 Å². The highest BCUT2D eigenvalue weighted by atomic mass is 79.9. The Balaban J connectivity index is 1.77. The fourth-order valence-corrected chi connectivity index (χ4v) is 2.11. The van der Waals surface area contributed by atoms with Crippen molar-refractivity contribution in [1.29, 1.82) is 0 Å². The number of carbonyl (C=O) groups excluding carboxylic acids is 1. The number of halogens is 1. The van der Waals surface area contributed by atoms with Crippen LogP contribution in [0.25, 0.3) is 0 Å². The molecule has 2 rings (SSSR count). The summed E-state index contributed by atoms with van der Waals surface area (Å²) in [6, 6.07) is 14.6. The van der Waals surface area contributed by atoms with Gasteiger partial charge in [-0.2, -0.15) is 0 Å². The van der Waals surface area contributed by atoms with Gasteiger partial charge in [0.1, 0.15) is 24.7 Å². The van der Waals surface area contributed by atoms with Crippen LogP contribution in [0.4, 0.5) is 0 Å². The standard InChI is InChI=1S/C16H16BrNO4/c1-20-15-8-7-12(17)11-14(15)16(19)18-22-10-9-21-13-5-3-2-4-6-13/h2-8,11H,9-10H2,1H3,(H,18,19). The van der Waals surface area contributed by atoms with Crippen molar-refractivity contribution in [3.8, 4) is 11.5 Å². The minimum absolute atomic E-state index is 0.233. The number of nitrogens with one attached hydrogen (secondary N) is 1. The molecule has 0 atom stereocenters. The van der Waals surface area contributed by atoms with Gasteiger partial charge in [0, 0.05) is 4.47 Å². The Morgan fingerprint density at radius 3 is 2.64 bits per heavy atom. The van der Waals surface area contributed by atoms with Crippen LogP contribution in [0.1, 0.15) is 10.4 Å². The lowest BCUT2D eigenvalue weighted by Crippen LogP contribution is -2.26. The van der Waals surface area contributed by atoms with Crippen LogP contribution >= 0.6 is 15.9 Å². The fraction of sp³-hybridized carbons (Fsp3) is 0.188. The second-order valence-corrected chi connectivity index (χ2v) is 5.20. The predicted molar refractivity (Wildman–Crippen MR) is 86.0 cm³/mol. The molecular weight excluding hydrogens is 350 g/mol. The Hall–Kier alpha value is -2.05. The van der Waals surface area contributed by atoms with Crippen LogP contribution in [-0.2, 0) is 4.84 Å². The van der Waals surface area contributed by atoms with Gasteiger partial charge in [0.15, 0.2) is 0 Å². The lowest BCUT2D eigenvalue weighted by Gasteiger charge is -2.10. The molecular formula is C16H16BrNO4. The molecule has 0 aromatic heterocycles. The van der Waals surface area contributed by atoms with Crippen LogP contribution < -0.4 is 15.0 Å². The number of benzene rings is 2. The first-order chi connectivity index (χ1) is 10.7. The second-order valence-electron chi connectivity index (χ2n) is 4.29. The third kappa shape index (κ3) is 4.75. The third-order valence-corrected chi connectivity index (χ3v) is 3.26. The van der Waals surface area contributed by atoms with Gasteiger partial charge >= 0.3 is 0 Å². The Morgan fingerprint density at radius 1 is 1.14 bits per heavy atom. The normalized spacial score (nSPS) is 10.1. The quantitative estimate of drug-likeness (QED) is 0.604. The Kier molecular flexibility index (Phi) is 6.24. The van der Waals surface area contributed by atoms with Gasteiger partial charge in [0.2, 0.25) is 0 Å². The summed E-state index contributed by atoms with van der Waals surface area (Å²) in [5, 5.41) is 0. The van der Waals surface area contributed by atoms with Gasteiger partial charge in [0.25, 0.3) is 5.91 Å². The summed E-state index contributed by atoms with van der Waals surface area (Å²) < 4.78 is 11.4. The van der Waals surface area contributed by atoms with Gasteiger partial charge in [-0.25, -0.2) is 5.48 Å². The average Bonchev–Trinajstić information content (AvgIpc) is 2.55. The molecule has 0 aliphatic carbocycles. The molecule has 0 spiro atoms. The molecule has 0 saturated carbocycles. The van der Waals surface area contributed by atoms with Gasteiger partial charge in [0.05, 0.1) is 12.7 Å². The molecule has 116 valence electrons. The maximum absolute atomic E-state index is 12.0. The molecule has 0 aliphatic rings. The number of methoxy groups -OCH3 is 1. The summed E-state index contributed by atoms with van der Waals surface area (Å²) in [4.78, 5) is 17.1. The molecule has 1 N–H and O–H groups in total. The second kappa shape index (κ2) is 8.41. The molecule has 0 saturated heterocycles. The van der Waals surface area contributed by atoms with Crippen molar-refractivity contribution in [2.24, 2.45) is 0 Å². The molecule has 0 heterocycles. The number of para-hydroxylation sites is 1. The van der Waals surface area contributed by atoms with Crippen LogP contribution in [0.15, 0.2) is 53.0 Å². The lowest BCUT2D eigenvalue weighted by molar-refractivity contribution is 0.0198. The summed E-state index contributed by atoms with van der Waals surface area (Å²) in [6.07, 6.45) is 0. The number of ether oxygens (including phenoxy) is 2. The van der Waals surface area contributed by atoms with E-state index in [-0.39, 0.29) is 12.5 Å². The highest BCUT2D eigenvalue weighted by Gasteiger charge is 2.12. The SMILES string of the molecule is COc1ccc(Br)cc1C(=O)NOCCOc1ccccc1. The first-order valence-electron chi connectivity index (χ1n) is 6.64. The molecule has 22 heavy (non-hydrogen) atoms. The molecule has 6 heteroatoms. The van der Waals surface area contributed by atoms with Crippen molar-refractivity contribution in [2.45, 2.75) is 0 Å². The van der Waals surface area contributed by atoms with E-state index in [1.54, 1.807) is 18.2 Å². The highest BCUT2D eigenvalue weighted by molar-refractivity contribution is 9.10. The molecule has 2 aromatic carbocycles. The van der Waals surface area contributed by atoms with E-state index in [0.29, 0.717) is 17.9 Å². The molecule has 0 bridgehead atoms. The lowest BCUT2D eigenvalue weighted by atomic mass is 10.2. The first-order valence-corrected chi connectivity index (χ1v) is 7.43. The first kappa shape index (κ1) is 16.3. The zero-order valence-electron chi connectivity index (χ0n) is 12.0. The van der Waals surface area contributed by atoms with E-state index in [2.05, 4.69) is 21.4 Å². The molecule has 0 radical (unpaired) electrons. The zero-order chi connectivity index (χ0) is 15.8. The fourth-order valence-electron chi connectivity index (χ4n) is 1.75. The summed E-state index contributed by atoms with van der Waals surface area (Å²) >= 11 is 3.32. The van der Waals surface area contributed by atoms with E-state index in [1.807, 2.05) is 30.3 Å². The number of carbonyl (C=O) groups is 1. The van der Waals surface area contributed by atoms with E-state index in [9.17, 15) is 4.79 Å². The number of hydroxylamine groups is 1. The monoisotopic (exact) mass is 365 g/mol. The molecule has 5 nitrogen and oxygen atoms in total. The van der Waals surface area contributed by atoms with Crippen molar-refractivity contribution in [2.75, 3.05) is 20.3 Å². The van der Waals surface area contributed by atoms with Crippen molar-refractivity contribution >= 4 is 21.8 Å². The van der Waals surface area contributed by atoms with Crippen molar-refractivity contribution in [3.05, 3.63) is 58.6 Å². The van der Waals surface area contributed by atoms with Gasteiger partial charge in [-0.3, -0.25) is 9.63 Å². The van der Waals surface area contributed by atoms with E-state index in [0.717, 1.165) is 10.2 Å². The van der Waals surface area contributed by atoms with Gasteiger partial charge in [-0.1, -0.05) is 34.1 Å². The van der Waals surface area contributed by atoms with E-state index in [4.69, 9.17) is 14.3 Å². The number of hydrogen-bond acceptors (Lipinski definition) is 4. The Labute approximate surface area is 137 Å².